The van der Waals surface area contributed by atoms with Crippen LogP contribution in [0.25, 0.3) is 0 Å². The second-order valence-corrected chi connectivity index (χ2v) is 5.01. The summed E-state index contributed by atoms with van der Waals surface area (Å²) in [6, 6.07) is 8.06. The van der Waals surface area contributed by atoms with Gasteiger partial charge < -0.3 is 10.1 Å². The summed E-state index contributed by atoms with van der Waals surface area (Å²) in [6.45, 7) is 1.71. The molecule has 6 heteroatoms. The first-order valence-corrected chi connectivity index (χ1v) is 7.08. The van der Waals surface area contributed by atoms with Crippen LogP contribution in [0.4, 0.5) is 13.2 Å². The van der Waals surface area contributed by atoms with Crippen molar-refractivity contribution in [3.63, 3.8) is 0 Å². The van der Waals surface area contributed by atoms with Crippen LogP contribution < -0.4 is 10.1 Å². The van der Waals surface area contributed by atoms with Crippen molar-refractivity contribution in [1.82, 2.24) is 5.32 Å². The van der Waals surface area contributed by atoms with E-state index in [0.29, 0.717) is 5.75 Å². The molecule has 2 rings (SSSR count). The molecule has 3 nitrogen and oxygen atoms in total. The number of hydrogen-bond acceptors (Lipinski definition) is 2. The largest absolute Gasteiger partial charge is 0.493 e. The fourth-order valence-electron chi connectivity index (χ4n) is 2.04. The van der Waals surface area contributed by atoms with Gasteiger partial charge in [0.2, 0.25) is 5.91 Å². The van der Waals surface area contributed by atoms with Crippen LogP contribution in [0.15, 0.2) is 42.5 Å². The highest BCUT2D eigenvalue weighted by atomic mass is 19.1. The molecule has 0 radical (unpaired) electrons. The van der Waals surface area contributed by atoms with Gasteiger partial charge >= 0.3 is 0 Å². The molecule has 0 bridgehead atoms. The quantitative estimate of drug-likeness (QED) is 0.879. The third-order valence-corrected chi connectivity index (χ3v) is 3.22. The van der Waals surface area contributed by atoms with Crippen molar-refractivity contribution in [2.45, 2.75) is 19.4 Å². The van der Waals surface area contributed by atoms with Crippen molar-refractivity contribution in [2.75, 3.05) is 6.61 Å². The number of halogens is 3. The number of rotatable bonds is 6. The summed E-state index contributed by atoms with van der Waals surface area (Å²) in [5.74, 6) is -1.62. The second kappa shape index (κ2) is 7.67. The van der Waals surface area contributed by atoms with Crippen LogP contribution in [-0.2, 0) is 4.79 Å². The van der Waals surface area contributed by atoms with Crippen molar-refractivity contribution in [3.05, 3.63) is 65.5 Å². The zero-order chi connectivity index (χ0) is 16.8. The predicted molar refractivity (Wildman–Crippen MR) is 79.4 cm³/mol. The molecule has 1 unspecified atom stereocenters. The van der Waals surface area contributed by atoms with Gasteiger partial charge in [-0.2, -0.15) is 0 Å². The Kier molecular flexibility index (Phi) is 5.62. The van der Waals surface area contributed by atoms with E-state index in [-0.39, 0.29) is 30.3 Å². The van der Waals surface area contributed by atoms with E-state index in [0.717, 1.165) is 12.1 Å². The molecule has 1 N–H and O–H groups in total. The molecule has 0 aliphatic carbocycles. The minimum atomic E-state index is -0.708. The smallest absolute Gasteiger partial charge is 0.223 e. The molecular weight excluding hydrogens is 307 g/mol. The van der Waals surface area contributed by atoms with E-state index < -0.39 is 17.7 Å². The highest BCUT2D eigenvalue weighted by Crippen LogP contribution is 2.18. The highest BCUT2D eigenvalue weighted by Gasteiger charge is 2.14. The molecule has 0 spiro atoms. The van der Waals surface area contributed by atoms with E-state index in [1.54, 1.807) is 6.92 Å². The van der Waals surface area contributed by atoms with E-state index in [9.17, 15) is 18.0 Å². The number of benzene rings is 2. The summed E-state index contributed by atoms with van der Waals surface area (Å²) < 4.78 is 44.5. The summed E-state index contributed by atoms with van der Waals surface area (Å²) in [5.41, 5.74) is 0.208. The van der Waals surface area contributed by atoms with E-state index in [4.69, 9.17) is 4.74 Å². The summed E-state index contributed by atoms with van der Waals surface area (Å²) in [6.07, 6.45) is 0.0600. The zero-order valence-electron chi connectivity index (χ0n) is 12.5. The third kappa shape index (κ3) is 5.02. The summed E-state index contributed by atoms with van der Waals surface area (Å²) >= 11 is 0. The first kappa shape index (κ1) is 16.9. The molecular formula is C17H16F3NO2. The van der Waals surface area contributed by atoms with E-state index >= 15 is 0 Å². The fraction of sp³-hybridized carbons (Fsp3) is 0.235. The zero-order valence-corrected chi connectivity index (χ0v) is 12.5. The molecule has 23 heavy (non-hydrogen) atoms. The predicted octanol–water partition coefficient (Wildman–Crippen LogP) is 3.75. The van der Waals surface area contributed by atoms with Crippen molar-refractivity contribution in [2.24, 2.45) is 0 Å². The van der Waals surface area contributed by atoms with Gasteiger partial charge in [-0.3, -0.25) is 4.79 Å². The van der Waals surface area contributed by atoms with Crippen LogP contribution in [0, 0.1) is 17.5 Å². The Labute approximate surface area is 132 Å². The summed E-state index contributed by atoms with van der Waals surface area (Å²) in [4.78, 5) is 11.8. The average molecular weight is 323 g/mol. The first-order valence-electron chi connectivity index (χ1n) is 7.08. The molecule has 1 amide bonds. The number of hydrogen-bond donors (Lipinski definition) is 1. The standard InChI is InChI=1S/C17H16F3NO2/c1-11(15-7-4-13(19)10-16(15)20)21-17(22)8-9-23-14-5-2-12(18)3-6-14/h2-7,10-11H,8-9H2,1H3,(H,21,22). The molecule has 122 valence electrons. The van der Waals surface area contributed by atoms with Crippen LogP contribution in [0.3, 0.4) is 0 Å². The molecule has 0 heterocycles. The molecule has 0 fully saturated rings. The molecule has 0 aliphatic rings. The average Bonchev–Trinajstić information content (AvgIpc) is 2.49. The van der Waals surface area contributed by atoms with Gasteiger partial charge in [0, 0.05) is 11.6 Å². The lowest BCUT2D eigenvalue weighted by atomic mass is 10.1. The Morgan fingerprint density at radius 2 is 1.74 bits per heavy atom. The lowest BCUT2D eigenvalue weighted by Crippen LogP contribution is -2.28. The number of nitrogens with one attached hydrogen (secondary N) is 1. The summed E-state index contributed by atoms with van der Waals surface area (Å²) in [7, 11) is 0. The molecule has 1 atom stereocenters. The minimum Gasteiger partial charge on any atom is -0.493 e. The third-order valence-electron chi connectivity index (χ3n) is 3.22. The van der Waals surface area contributed by atoms with Crippen LogP contribution in [0.1, 0.15) is 24.9 Å². The van der Waals surface area contributed by atoms with Crippen LogP contribution in [0.5, 0.6) is 5.75 Å². The molecule has 0 saturated heterocycles. The Bertz CT molecular complexity index is 674. The number of ether oxygens (including phenoxy) is 1. The maximum Gasteiger partial charge on any atom is 0.223 e. The van der Waals surface area contributed by atoms with Crippen molar-refractivity contribution in [3.8, 4) is 5.75 Å². The van der Waals surface area contributed by atoms with Crippen LogP contribution in [0.2, 0.25) is 0 Å². The van der Waals surface area contributed by atoms with E-state index in [1.807, 2.05) is 0 Å². The maximum absolute atomic E-state index is 13.6. The maximum atomic E-state index is 13.6. The minimum absolute atomic E-state index is 0.0600. The lowest BCUT2D eigenvalue weighted by molar-refractivity contribution is -0.122. The topological polar surface area (TPSA) is 38.3 Å². The van der Waals surface area contributed by atoms with Crippen molar-refractivity contribution < 1.29 is 22.7 Å². The van der Waals surface area contributed by atoms with Gasteiger partial charge in [0.15, 0.2) is 0 Å². The molecule has 0 aliphatic heterocycles. The first-order chi connectivity index (χ1) is 11.0. The Balaban J connectivity index is 1.81. The fourth-order valence-corrected chi connectivity index (χ4v) is 2.04. The highest BCUT2D eigenvalue weighted by molar-refractivity contribution is 5.76. The SMILES string of the molecule is CC(NC(=O)CCOc1ccc(F)cc1)c1ccc(F)cc1F. The molecule has 2 aromatic carbocycles. The van der Waals surface area contributed by atoms with Crippen molar-refractivity contribution in [1.29, 1.82) is 0 Å². The monoisotopic (exact) mass is 323 g/mol. The number of carbonyl (C=O) groups excluding carboxylic acids is 1. The van der Waals surface area contributed by atoms with Gasteiger partial charge in [0.1, 0.15) is 23.2 Å². The van der Waals surface area contributed by atoms with Gasteiger partial charge in [-0.15, -0.1) is 0 Å². The van der Waals surface area contributed by atoms with Gasteiger partial charge in [-0.05, 0) is 37.3 Å². The normalized spacial score (nSPS) is 11.8. The molecule has 0 aromatic heterocycles. The molecule has 0 saturated carbocycles. The molecule has 2 aromatic rings. The Morgan fingerprint density at radius 3 is 2.39 bits per heavy atom. The van der Waals surface area contributed by atoms with Crippen LogP contribution in [-0.4, -0.2) is 12.5 Å². The Morgan fingerprint density at radius 1 is 1.09 bits per heavy atom. The van der Waals surface area contributed by atoms with Gasteiger partial charge in [-0.1, -0.05) is 6.07 Å². The van der Waals surface area contributed by atoms with Gasteiger partial charge in [0.05, 0.1) is 19.1 Å². The number of amides is 1. The Hall–Kier alpha value is -2.50. The van der Waals surface area contributed by atoms with Crippen LogP contribution >= 0.6 is 0 Å². The van der Waals surface area contributed by atoms with E-state index in [1.165, 1.54) is 30.3 Å². The van der Waals surface area contributed by atoms with Crippen molar-refractivity contribution >= 4 is 5.91 Å². The summed E-state index contributed by atoms with van der Waals surface area (Å²) in [5, 5.41) is 2.61. The van der Waals surface area contributed by atoms with Gasteiger partial charge in [0.25, 0.3) is 0 Å². The van der Waals surface area contributed by atoms with Gasteiger partial charge in [-0.25, -0.2) is 13.2 Å². The van der Waals surface area contributed by atoms with E-state index in [2.05, 4.69) is 5.32 Å². The number of carbonyl (C=O) groups is 1. The lowest BCUT2D eigenvalue weighted by Gasteiger charge is -2.15. The second-order valence-electron chi connectivity index (χ2n) is 5.01.